The topological polar surface area (TPSA) is 65.1 Å². The minimum Gasteiger partial charge on any atom is -0.336 e. The third kappa shape index (κ3) is 4.64. The van der Waals surface area contributed by atoms with Gasteiger partial charge in [-0.15, -0.1) is 0 Å². The average molecular weight is 375 g/mol. The lowest BCUT2D eigenvalue weighted by Crippen LogP contribution is -2.36. The third-order valence-corrected chi connectivity index (χ3v) is 5.17. The van der Waals surface area contributed by atoms with Crippen molar-refractivity contribution in [3.8, 4) is 0 Å². The predicted molar refractivity (Wildman–Crippen MR) is 108 cm³/mol. The lowest BCUT2D eigenvalue weighted by atomic mass is 10.0. The summed E-state index contributed by atoms with van der Waals surface area (Å²) in [4.78, 5) is 21.8. The second kappa shape index (κ2) is 8.80. The lowest BCUT2D eigenvalue weighted by molar-refractivity contribution is 0.0739. The van der Waals surface area contributed by atoms with Crippen LogP contribution >= 0.6 is 0 Å². The molecule has 2 aromatic heterocycles. The average Bonchev–Trinajstić information content (AvgIpc) is 3.19. The van der Waals surface area contributed by atoms with Crippen molar-refractivity contribution < 1.29 is 4.79 Å². The molecule has 28 heavy (non-hydrogen) atoms. The van der Waals surface area contributed by atoms with E-state index in [9.17, 15) is 4.79 Å². The number of carbonyl (C=O) groups is 1. The number of hydrogen-bond donors (Lipinski definition) is 1. The van der Waals surface area contributed by atoms with E-state index in [1.807, 2.05) is 29.3 Å². The maximum Gasteiger partial charge on any atom is 0.271 e. The summed E-state index contributed by atoms with van der Waals surface area (Å²) >= 11 is 0. The van der Waals surface area contributed by atoms with Gasteiger partial charge in [-0.2, -0.15) is 5.10 Å². The van der Waals surface area contributed by atoms with Gasteiger partial charge in [0.15, 0.2) is 0 Å². The van der Waals surface area contributed by atoms with Crippen molar-refractivity contribution >= 4 is 5.91 Å². The Hall–Kier alpha value is -2.99. The molecule has 0 aliphatic carbocycles. The highest BCUT2D eigenvalue weighted by Gasteiger charge is 2.27. The molecule has 3 heterocycles. The van der Waals surface area contributed by atoms with Gasteiger partial charge in [0.2, 0.25) is 0 Å². The van der Waals surface area contributed by atoms with Crippen LogP contribution in [0.4, 0.5) is 0 Å². The van der Waals surface area contributed by atoms with Gasteiger partial charge in [-0.25, -0.2) is 0 Å². The van der Waals surface area contributed by atoms with Crippen molar-refractivity contribution in [2.75, 3.05) is 26.2 Å². The van der Waals surface area contributed by atoms with Crippen LogP contribution in [0.3, 0.4) is 0 Å². The van der Waals surface area contributed by atoms with Crippen LogP contribution in [0.5, 0.6) is 0 Å². The van der Waals surface area contributed by atoms with E-state index in [1.54, 1.807) is 12.3 Å². The summed E-state index contributed by atoms with van der Waals surface area (Å²) < 4.78 is 0. The fraction of sp³-hybridized carbons (Fsp3) is 0.318. The Morgan fingerprint density at radius 2 is 1.86 bits per heavy atom. The zero-order valence-corrected chi connectivity index (χ0v) is 15.9. The van der Waals surface area contributed by atoms with Gasteiger partial charge >= 0.3 is 0 Å². The number of aromatic amines is 1. The normalized spacial score (nSPS) is 18.0. The van der Waals surface area contributed by atoms with Gasteiger partial charge in [-0.1, -0.05) is 36.4 Å². The fourth-order valence-electron chi connectivity index (χ4n) is 3.84. The van der Waals surface area contributed by atoms with Crippen LogP contribution in [-0.2, 0) is 13.0 Å². The van der Waals surface area contributed by atoms with Crippen molar-refractivity contribution in [3.05, 3.63) is 83.9 Å². The lowest BCUT2D eigenvalue weighted by Gasteiger charge is -2.24. The maximum atomic E-state index is 12.9. The molecule has 1 amide bonds. The number of H-pyrrole nitrogens is 1. The number of carbonyl (C=O) groups excluding carboxylic acids is 1. The first-order valence-corrected chi connectivity index (χ1v) is 9.73. The van der Waals surface area contributed by atoms with E-state index in [4.69, 9.17) is 0 Å². The van der Waals surface area contributed by atoms with E-state index in [-0.39, 0.29) is 5.91 Å². The Morgan fingerprint density at radius 3 is 2.61 bits per heavy atom. The number of nitrogens with zero attached hydrogens (tertiary/aromatic N) is 4. The Kier molecular flexibility index (Phi) is 5.77. The first-order chi connectivity index (χ1) is 13.8. The standard InChI is InChI=1S/C22H25N5O/c28-22(21-9-11-24-25-21)27-13-12-26(15-18-6-2-1-3-7-18)16-19(17-27)14-20-8-4-5-10-23-20/h1-11,19H,12-17H2,(H,24,25)/t19-/m0/s1. The molecule has 1 aliphatic heterocycles. The SMILES string of the molecule is O=C(c1ccn[nH]1)N1CCN(Cc2ccccc2)C[C@H](Cc2ccccn2)C1. The van der Waals surface area contributed by atoms with Gasteiger partial charge in [0.1, 0.15) is 5.69 Å². The Labute approximate surface area is 165 Å². The Bertz CT molecular complexity index is 866. The van der Waals surface area contributed by atoms with E-state index >= 15 is 0 Å². The van der Waals surface area contributed by atoms with Crippen molar-refractivity contribution in [3.63, 3.8) is 0 Å². The van der Waals surface area contributed by atoms with Gasteiger partial charge in [0.05, 0.1) is 0 Å². The summed E-state index contributed by atoms with van der Waals surface area (Å²) in [5.74, 6) is 0.345. The van der Waals surface area contributed by atoms with E-state index < -0.39 is 0 Å². The molecule has 4 rings (SSSR count). The van der Waals surface area contributed by atoms with E-state index in [0.717, 1.165) is 38.3 Å². The molecule has 1 aromatic carbocycles. The van der Waals surface area contributed by atoms with Gasteiger partial charge in [0.25, 0.3) is 5.91 Å². The number of rotatable bonds is 5. The maximum absolute atomic E-state index is 12.9. The first-order valence-electron chi connectivity index (χ1n) is 9.73. The third-order valence-electron chi connectivity index (χ3n) is 5.17. The summed E-state index contributed by atoms with van der Waals surface area (Å²) in [5.41, 5.74) is 2.92. The number of nitrogens with one attached hydrogen (secondary N) is 1. The molecule has 0 saturated carbocycles. The van der Waals surface area contributed by atoms with E-state index in [0.29, 0.717) is 18.2 Å². The summed E-state index contributed by atoms with van der Waals surface area (Å²) in [7, 11) is 0. The monoisotopic (exact) mass is 375 g/mol. The van der Waals surface area contributed by atoms with Crippen LogP contribution in [0.2, 0.25) is 0 Å². The smallest absolute Gasteiger partial charge is 0.271 e. The molecule has 1 fully saturated rings. The second-order valence-corrected chi connectivity index (χ2v) is 7.33. The van der Waals surface area contributed by atoms with Gasteiger partial charge in [-0.05, 0) is 36.1 Å². The van der Waals surface area contributed by atoms with Crippen LogP contribution in [0.1, 0.15) is 21.7 Å². The zero-order valence-electron chi connectivity index (χ0n) is 15.9. The van der Waals surface area contributed by atoms with Crippen LogP contribution in [0, 0.1) is 5.92 Å². The molecule has 1 N–H and O–H groups in total. The molecule has 0 unspecified atom stereocenters. The molecule has 144 valence electrons. The number of hydrogen-bond acceptors (Lipinski definition) is 4. The second-order valence-electron chi connectivity index (χ2n) is 7.33. The summed E-state index contributed by atoms with van der Waals surface area (Å²) in [6, 6.07) is 18.3. The highest BCUT2D eigenvalue weighted by atomic mass is 16.2. The molecule has 1 saturated heterocycles. The molecule has 6 nitrogen and oxygen atoms in total. The summed E-state index contributed by atoms with van der Waals surface area (Å²) in [6.45, 7) is 4.13. The molecular formula is C22H25N5O. The quantitative estimate of drug-likeness (QED) is 0.745. The largest absolute Gasteiger partial charge is 0.336 e. The summed E-state index contributed by atoms with van der Waals surface area (Å²) in [6.07, 6.45) is 4.32. The van der Waals surface area contributed by atoms with Gasteiger partial charge < -0.3 is 4.90 Å². The number of pyridine rings is 1. The van der Waals surface area contributed by atoms with Crippen molar-refractivity contribution in [2.24, 2.45) is 5.92 Å². The molecule has 6 heteroatoms. The number of benzene rings is 1. The van der Waals surface area contributed by atoms with Gasteiger partial charge in [0, 0.05) is 50.8 Å². The molecule has 3 aromatic rings. The van der Waals surface area contributed by atoms with Crippen LogP contribution in [0.15, 0.2) is 67.0 Å². The Morgan fingerprint density at radius 1 is 1.00 bits per heavy atom. The molecular weight excluding hydrogens is 350 g/mol. The fourth-order valence-corrected chi connectivity index (χ4v) is 3.84. The van der Waals surface area contributed by atoms with E-state index in [2.05, 4.69) is 50.4 Å². The summed E-state index contributed by atoms with van der Waals surface area (Å²) in [5, 5.41) is 6.73. The van der Waals surface area contributed by atoms with E-state index in [1.165, 1.54) is 5.56 Å². The predicted octanol–water partition coefficient (Wildman–Crippen LogP) is 2.62. The Balaban J connectivity index is 1.51. The first kappa shape index (κ1) is 18.4. The number of amides is 1. The molecule has 0 radical (unpaired) electrons. The minimum atomic E-state index is 0.0186. The molecule has 0 bridgehead atoms. The van der Waals surface area contributed by atoms with Crippen LogP contribution < -0.4 is 0 Å². The highest BCUT2D eigenvalue weighted by molar-refractivity contribution is 5.92. The van der Waals surface area contributed by atoms with Crippen LogP contribution in [0.25, 0.3) is 0 Å². The highest BCUT2D eigenvalue weighted by Crippen LogP contribution is 2.18. The zero-order chi connectivity index (χ0) is 19.2. The van der Waals surface area contributed by atoms with Crippen LogP contribution in [-0.4, -0.2) is 57.1 Å². The van der Waals surface area contributed by atoms with Crippen molar-refractivity contribution in [1.82, 2.24) is 25.0 Å². The van der Waals surface area contributed by atoms with Crippen molar-refractivity contribution in [1.29, 1.82) is 0 Å². The molecule has 0 spiro atoms. The number of aromatic nitrogens is 3. The minimum absolute atomic E-state index is 0.0186. The van der Waals surface area contributed by atoms with Crippen molar-refractivity contribution in [2.45, 2.75) is 13.0 Å². The molecule has 1 atom stereocenters. The molecule has 1 aliphatic rings. The van der Waals surface area contributed by atoms with Gasteiger partial charge in [-0.3, -0.25) is 19.8 Å².